The molecule has 1 saturated heterocycles. The molecular weight excluding hydrogens is 330 g/mol. The van der Waals surface area contributed by atoms with E-state index in [0.717, 1.165) is 0 Å². The fourth-order valence-electron chi connectivity index (χ4n) is 2.68. The minimum atomic E-state index is -1.09. The number of β-lactam (4-membered cyclic amide) rings is 1. The minimum absolute atomic E-state index is 0.0915. The van der Waals surface area contributed by atoms with E-state index in [1.807, 2.05) is 0 Å². The Labute approximate surface area is 145 Å². The highest BCUT2D eigenvalue weighted by Crippen LogP contribution is 2.40. The van der Waals surface area contributed by atoms with E-state index in [1.165, 1.54) is 31.3 Å². The SMILES string of the molecule is COc1cc(C(C(=O)NC(C)C)N2CCC2=O)c([N+](=O)[O-])cc1OC. The van der Waals surface area contributed by atoms with Gasteiger partial charge >= 0.3 is 0 Å². The van der Waals surface area contributed by atoms with Crippen molar-refractivity contribution < 1.29 is 24.0 Å². The maximum Gasteiger partial charge on any atom is 0.279 e. The summed E-state index contributed by atoms with van der Waals surface area (Å²) in [5, 5.41) is 14.2. The van der Waals surface area contributed by atoms with Crippen molar-refractivity contribution in [1.82, 2.24) is 10.2 Å². The van der Waals surface area contributed by atoms with Crippen LogP contribution in [0.25, 0.3) is 0 Å². The molecule has 1 aliphatic rings. The second-order valence-electron chi connectivity index (χ2n) is 5.93. The molecule has 9 nitrogen and oxygen atoms in total. The van der Waals surface area contributed by atoms with Crippen molar-refractivity contribution in [3.05, 3.63) is 27.8 Å². The number of methoxy groups -OCH3 is 2. The van der Waals surface area contributed by atoms with Crippen LogP contribution in [0.3, 0.4) is 0 Å². The molecule has 136 valence electrons. The van der Waals surface area contributed by atoms with Gasteiger partial charge in [0.25, 0.3) is 5.69 Å². The molecule has 1 aliphatic heterocycles. The number of carbonyl (C=O) groups excluding carboxylic acids is 2. The first-order valence-corrected chi connectivity index (χ1v) is 7.80. The van der Waals surface area contributed by atoms with Crippen molar-refractivity contribution >= 4 is 17.5 Å². The molecule has 0 bridgehead atoms. The number of hydrogen-bond donors (Lipinski definition) is 1. The first-order valence-electron chi connectivity index (χ1n) is 7.80. The fourth-order valence-corrected chi connectivity index (χ4v) is 2.68. The highest BCUT2D eigenvalue weighted by molar-refractivity contribution is 5.92. The number of benzene rings is 1. The van der Waals surface area contributed by atoms with Gasteiger partial charge in [0.2, 0.25) is 11.8 Å². The highest BCUT2D eigenvalue weighted by Gasteiger charge is 2.41. The lowest BCUT2D eigenvalue weighted by Gasteiger charge is -2.37. The van der Waals surface area contributed by atoms with E-state index >= 15 is 0 Å². The highest BCUT2D eigenvalue weighted by atomic mass is 16.6. The molecule has 1 aromatic carbocycles. The van der Waals surface area contributed by atoms with Gasteiger partial charge in [0, 0.05) is 19.0 Å². The third-order valence-electron chi connectivity index (χ3n) is 3.90. The van der Waals surface area contributed by atoms with Crippen molar-refractivity contribution in [3.8, 4) is 11.5 Å². The largest absolute Gasteiger partial charge is 0.493 e. The first-order chi connectivity index (χ1) is 11.8. The summed E-state index contributed by atoms with van der Waals surface area (Å²) in [5.74, 6) is -0.277. The van der Waals surface area contributed by atoms with Gasteiger partial charge in [-0.25, -0.2) is 0 Å². The number of nitro groups is 1. The summed E-state index contributed by atoms with van der Waals surface area (Å²) in [4.78, 5) is 36.8. The quantitative estimate of drug-likeness (QED) is 0.452. The van der Waals surface area contributed by atoms with Gasteiger partial charge in [-0.3, -0.25) is 19.7 Å². The Hall–Kier alpha value is -2.84. The van der Waals surface area contributed by atoms with Crippen LogP contribution in [0.4, 0.5) is 5.69 Å². The molecule has 0 saturated carbocycles. The van der Waals surface area contributed by atoms with Crippen LogP contribution in [0.5, 0.6) is 11.5 Å². The van der Waals surface area contributed by atoms with Crippen LogP contribution in [-0.4, -0.2) is 48.4 Å². The van der Waals surface area contributed by atoms with E-state index in [1.54, 1.807) is 13.8 Å². The van der Waals surface area contributed by atoms with Crippen molar-refractivity contribution in [3.63, 3.8) is 0 Å². The summed E-state index contributed by atoms with van der Waals surface area (Å²) < 4.78 is 10.3. The van der Waals surface area contributed by atoms with Gasteiger partial charge in [0.05, 0.1) is 30.8 Å². The standard InChI is InChI=1S/C16H21N3O6/c1-9(2)17-16(21)15(18-6-5-14(18)20)10-7-12(24-3)13(25-4)8-11(10)19(22)23/h7-9,15H,5-6H2,1-4H3,(H,17,21). The third-order valence-corrected chi connectivity index (χ3v) is 3.90. The lowest BCUT2D eigenvalue weighted by Crippen LogP contribution is -2.51. The smallest absolute Gasteiger partial charge is 0.279 e. The minimum Gasteiger partial charge on any atom is -0.493 e. The molecule has 0 radical (unpaired) electrons. The van der Waals surface area contributed by atoms with Crippen molar-refractivity contribution in [1.29, 1.82) is 0 Å². The molecule has 0 aliphatic carbocycles. The van der Waals surface area contributed by atoms with E-state index in [0.29, 0.717) is 13.0 Å². The summed E-state index contributed by atoms with van der Waals surface area (Å²) in [6.45, 7) is 3.91. The monoisotopic (exact) mass is 351 g/mol. The first kappa shape index (κ1) is 18.5. The molecular formula is C16H21N3O6. The van der Waals surface area contributed by atoms with Gasteiger partial charge in [-0.1, -0.05) is 0 Å². The molecule has 2 rings (SSSR count). The number of amides is 2. The summed E-state index contributed by atoms with van der Waals surface area (Å²) in [6, 6.07) is 1.32. The maximum absolute atomic E-state index is 12.7. The Morgan fingerprint density at radius 3 is 2.28 bits per heavy atom. The normalized spacial score (nSPS) is 14.8. The second-order valence-corrected chi connectivity index (χ2v) is 5.93. The Bertz CT molecular complexity index is 703. The van der Waals surface area contributed by atoms with Crippen LogP contribution in [0.1, 0.15) is 31.9 Å². The Morgan fingerprint density at radius 2 is 1.88 bits per heavy atom. The number of hydrogen-bond acceptors (Lipinski definition) is 6. The average Bonchev–Trinajstić information content (AvgIpc) is 2.55. The molecule has 2 amide bonds. The predicted molar refractivity (Wildman–Crippen MR) is 88.6 cm³/mol. The van der Waals surface area contributed by atoms with E-state index in [9.17, 15) is 19.7 Å². The Morgan fingerprint density at radius 1 is 1.28 bits per heavy atom. The average molecular weight is 351 g/mol. The maximum atomic E-state index is 12.7. The van der Waals surface area contributed by atoms with Gasteiger partial charge in [-0.2, -0.15) is 0 Å². The van der Waals surface area contributed by atoms with Crippen LogP contribution in [-0.2, 0) is 9.59 Å². The van der Waals surface area contributed by atoms with Gasteiger partial charge in [0.1, 0.15) is 6.04 Å². The zero-order chi connectivity index (χ0) is 18.7. The van der Waals surface area contributed by atoms with Gasteiger partial charge in [-0.05, 0) is 19.9 Å². The van der Waals surface area contributed by atoms with Crippen LogP contribution < -0.4 is 14.8 Å². The zero-order valence-corrected chi connectivity index (χ0v) is 14.6. The number of likely N-dealkylation sites (tertiary alicyclic amines) is 1. The van der Waals surface area contributed by atoms with Crippen molar-refractivity contribution in [2.24, 2.45) is 0 Å². The Balaban J connectivity index is 2.60. The van der Waals surface area contributed by atoms with E-state index in [4.69, 9.17) is 9.47 Å². The van der Waals surface area contributed by atoms with Crippen LogP contribution in [0.2, 0.25) is 0 Å². The van der Waals surface area contributed by atoms with Crippen molar-refractivity contribution in [2.75, 3.05) is 20.8 Å². The summed E-state index contributed by atoms with van der Waals surface area (Å²) in [6.07, 6.45) is 0.312. The molecule has 0 aromatic heterocycles. The molecule has 1 heterocycles. The van der Waals surface area contributed by atoms with Gasteiger partial charge in [0.15, 0.2) is 11.5 Å². The molecule has 1 aromatic rings. The number of nitrogens with one attached hydrogen (secondary N) is 1. The predicted octanol–water partition coefficient (Wildman–Crippen LogP) is 1.41. The molecule has 25 heavy (non-hydrogen) atoms. The van der Waals surface area contributed by atoms with Gasteiger partial charge in [-0.15, -0.1) is 0 Å². The fraction of sp³-hybridized carbons (Fsp3) is 0.500. The third kappa shape index (κ3) is 3.65. The lowest BCUT2D eigenvalue weighted by atomic mass is 9.97. The lowest BCUT2D eigenvalue weighted by molar-refractivity contribution is -0.386. The second kappa shape index (κ2) is 7.37. The van der Waals surface area contributed by atoms with E-state index < -0.39 is 16.9 Å². The van der Waals surface area contributed by atoms with E-state index in [-0.39, 0.29) is 34.7 Å². The molecule has 1 unspecified atom stereocenters. The van der Waals surface area contributed by atoms with Crippen molar-refractivity contribution in [2.45, 2.75) is 32.4 Å². The summed E-state index contributed by atoms with van der Waals surface area (Å²) in [7, 11) is 2.76. The molecule has 1 fully saturated rings. The number of carbonyl (C=O) groups is 2. The van der Waals surface area contributed by atoms with E-state index in [2.05, 4.69) is 5.32 Å². The zero-order valence-electron chi connectivity index (χ0n) is 14.6. The topological polar surface area (TPSA) is 111 Å². The summed E-state index contributed by atoms with van der Waals surface area (Å²) >= 11 is 0. The number of rotatable bonds is 7. The molecule has 9 heteroatoms. The number of nitro benzene ring substituents is 1. The Kier molecular flexibility index (Phi) is 5.45. The van der Waals surface area contributed by atoms with Crippen LogP contribution >= 0.6 is 0 Å². The van der Waals surface area contributed by atoms with Crippen LogP contribution in [0.15, 0.2) is 12.1 Å². The van der Waals surface area contributed by atoms with Crippen LogP contribution in [0, 0.1) is 10.1 Å². The molecule has 1 N–H and O–H groups in total. The number of nitrogens with zero attached hydrogens (tertiary/aromatic N) is 2. The summed E-state index contributed by atoms with van der Waals surface area (Å²) in [5.41, 5.74) is -0.213. The number of ether oxygens (including phenoxy) is 2. The molecule has 1 atom stereocenters. The molecule has 0 spiro atoms. The van der Waals surface area contributed by atoms with Gasteiger partial charge < -0.3 is 19.7 Å².